The molecule has 0 saturated carbocycles. The van der Waals surface area contributed by atoms with Crippen molar-refractivity contribution >= 4 is 23.3 Å². The van der Waals surface area contributed by atoms with Crippen molar-refractivity contribution in [2.24, 2.45) is 0 Å². The normalized spacial score (nSPS) is 16.9. The Bertz CT molecular complexity index is 408. The lowest BCUT2D eigenvalue weighted by Gasteiger charge is -2.33. The number of piperidine rings is 1. The number of rotatable bonds is 5. The summed E-state index contributed by atoms with van der Waals surface area (Å²) in [6.07, 6.45) is 6.81. The molecule has 0 unspecified atom stereocenters. The predicted octanol–water partition coefficient (Wildman–Crippen LogP) is 2.75. The zero-order valence-electron chi connectivity index (χ0n) is 11.5. The fourth-order valence-electron chi connectivity index (χ4n) is 2.47. The van der Waals surface area contributed by atoms with Gasteiger partial charge in [-0.05, 0) is 49.9 Å². The Balaban J connectivity index is 1.99. The van der Waals surface area contributed by atoms with Gasteiger partial charge >= 0.3 is 0 Å². The maximum Gasteiger partial charge on any atom is 0.246 e. The average Bonchev–Trinajstić information content (AvgIpc) is 2.96. The van der Waals surface area contributed by atoms with E-state index < -0.39 is 0 Å². The van der Waals surface area contributed by atoms with Crippen molar-refractivity contribution in [2.45, 2.75) is 32.2 Å². The van der Waals surface area contributed by atoms with Crippen molar-refractivity contribution in [3.05, 3.63) is 28.5 Å². The first-order valence-electron chi connectivity index (χ1n) is 7.04. The maximum absolute atomic E-state index is 12.4. The highest BCUT2D eigenvalue weighted by Crippen LogP contribution is 2.15. The molecule has 104 valence electrons. The summed E-state index contributed by atoms with van der Waals surface area (Å²) in [6.45, 7) is 5.03. The van der Waals surface area contributed by atoms with Crippen LogP contribution in [0.2, 0.25) is 0 Å². The summed E-state index contributed by atoms with van der Waals surface area (Å²) < 4.78 is 0. The lowest BCUT2D eigenvalue weighted by atomic mass is 10.0. The third kappa shape index (κ3) is 4.18. The van der Waals surface area contributed by atoms with Crippen LogP contribution < -0.4 is 5.32 Å². The molecule has 19 heavy (non-hydrogen) atoms. The minimum atomic E-state index is 0.155. The van der Waals surface area contributed by atoms with Crippen molar-refractivity contribution in [1.29, 1.82) is 0 Å². The maximum atomic E-state index is 12.4. The highest BCUT2D eigenvalue weighted by Gasteiger charge is 2.22. The van der Waals surface area contributed by atoms with Gasteiger partial charge in [0.1, 0.15) is 0 Å². The van der Waals surface area contributed by atoms with Crippen LogP contribution in [0.25, 0.3) is 6.08 Å². The molecule has 1 aliphatic rings. The van der Waals surface area contributed by atoms with E-state index in [0.717, 1.165) is 43.8 Å². The molecule has 1 amide bonds. The molecule has 2 rings (SSSR count). The summed E-state index contributed by atoms with van der Waals surface area (Å²) in [5.74, 6) is 0.155. The Labute approximate surface area is 119 Å². The molecule has 1 aromatic heterocycles. The molecule has 1 fully saturated rings. The molecule has 1 saturated heterocycles. The van der Waals surface area contributed by atoms with E-state index >= 15 is 0 Å². The smallest absolute Gasteiger partial charge is 0.246 e. The third-order valence-corrected chi connectivity index (χ3v) is 4.27. The predicted molar refractivity (Wildman–Crippen MR) is 81.2 cm³/mol. The van der Waals surface area contributed by atoms with Crippen molar-refractivity contribution in [3.63, 3.8) is 0 Å². The van der Waals surface area contributed by atoms with Crippen molar-refractivity contribution in [2.75, 3.05) is 19.6 Å². The highest BCUT2D eigenvalue weighted by atomic mass is 32.1. The van der Waals surface area contributed by atoms with Gasteiger partial charge in [-0.1, -0.05) is 13.0 Å². The lowest BCUT2D eigenvalue weighted by molar-refractivity contribution is -0.128. The van der Waals surface area contributed by atoms with Gasteiger partial charge in [0, 0.05) is 23.5 Å². The number of nitrogens with one attached hydrogen (secondary N) is 1. The highest BCUT2D eigenvalue weighted by molar-refractivity contribution is 7.10. The fraction of sp³-hybridized carbons (Fsp3) is 0.533. The van der Waals surface area contributed by atoms with Gasteiger partial charge in [-0.2, -0.15) is 0 Å². The Morgan fingerprint density at radius 3 is 2.95 bits per heavy atom. The van der Waals surface area contributed by atoms with Gasteiger partial charge in [0.25, 0.3) is 0 Å². The van der Waals surface area contributed by atoms with Gasteiger partial charge in [-0.3, -0.25) is 4.79 Å². The average molecular weight is 278 g/mol. The summed E-state index contributed by atoms with van der Waals surface area (Å²) in [4.78, 5) is 15.5. The number of carbonyl (C=O) groups is 1. The van der Waals surface area contributed by atoms with E-state index in [-0.39, 0.29) is 5.91 Å². The van der Waals surface area contributed by atoms with E-state index in [2.05, 4.69) is 12.2 Å². The second kappa shape index (κ2) is 7.46. The number of nitrogens with zero attached hydrogens (tertiary/aromatic N) is 1. The molecule has 1 aliphatic heterocycles. The number of hydrogen-bond donors (Lipinski definition) is 1. The number of carbonyl (C=O) groups excluding carboxylic acids is 1. The monoisotopic (exact) mass is 278 g/mol. The third-order valence-electron chi connectivity index (χ3n) is 3.43. The molecule has 3 nitrogen and oxygen atoms in total. The number of thiophene rings is 1. The van der Waals surface area contributed by atoms with E-state index in [0.29, 0.717) is 6.04 Å². The van der Waals surface area contributed by atoms with Crippen LogP contribution in [-0.2, 0) is 4.79 Å². The first-order valence-corrected chi connectivity index (χ1v) is 7.92. The summed E-state index contributed by atoms with van der Waals surface area (Å²) >= 11 is 1.66. The van der Waals surface area contributed by atoms with Crippen LogP contribution in [-0.4, -0.2) is 36.5 Å². The van der Waals surface area contributed by atoms with Gasteiger partial charge < -0.3 is 10.2 Å². The van der Waals surface area contributed by atoms with Crippen LogP contribution in [0.3, 0.4) is 0 Å². The molecule has 0 aromatic carbocycles. The van der Waals surface area contributed by atoms with Crippen LogP contribution in [0.4, 0.5) is 0 Å². The molecule has 0 aliphatic carbocycles. The number of amides is 1. The van der Waals surface area contributed by atoms with Crippen LogP contribution in [0.15, 0.2) is 23.6 Å². The Hall–Kier alpha value is -1.13. The first kappa shape index (κ1) is 14.3. The van der Waals surface area contributed by atoms with Gasteiger partial charge in [0.15, 0.2) is 0 Å². The fourth-order valence-corrected chi connectivity index (χ4v) is 3.09. The molecular formula is C15H22N2OS. The molecule has 2 heterocycles. The SMILES string of the molecule is CCCN(C(=O)/C=C/c1cccs1)C1CCNCC1. The van der Waals surface area contributed by atoms with Gasteiger partial charge in [-0.15, -0.1) is 11.3 Å². The molecule has 4 heteroatoms. The van der Waals surface area contributed by atoms with E-state index in [1.165, 1.54) is 0 Å². The molecule has 0 atom stereocenters. The van der Waals surface area contributed by atoms with E-state index in [1.807, 2.05) is 28.5 Å². The van der Waals surface area contributed by atoms with E-state index in [9.17, 15) is 4.79 Å². The largest absolute Gasteiger partial charge is 0.336 e. The molecular weight excluding hydrogens is 256 g/mol. The Kier molecular flexibility index (Phi) is 5.61. The van der Waals surface area contributed by atoms with Crippen LogP contribution in [0, 0.1) is 0 Å². The summed E-state index contributed by atoms with van der Waals surface area (Å²) in [6, 6.07) is 4.44. The molecule has 0 radical (unpaired) electrons. The summed E-state index contributed by atoms with van der Waals surface area (Å²) in [7, 11) is 0. The van der Waals surface area contributed by atoms with Crippen LogP contribution >= 0.6 is 11.3 Å². The molecule has 1 N–H and O–H groups in total. The van der Waals surface area contributed by atoms with Crippen molar-refractivity contribution in [1.82, 2.24) is 10.2 Å². The Morgan fingerprint density at radius 1 is 1.53 bits per heavy atom. The lowest BCUT2D eigenvalue weighted by Crippen LogP contribution is -2.45. The molecule has 0 bridgehead atoms. The first-order chi connectivity index (χ1) is 9.31. The number of hydrogen-bond acceptors (Lipinski definition) is 3. The van der Waals surface area contributed by atoms with Gasteiger partial charge in [0.2, 0.25) is 5.91 Å². The summed E-state index contributed by atoms with van der Waals surface area (Å²) in [5.41, 5.74) is 0. The Morgan fingerprint density at radius 2 is 2.32 bits per heavy atom. The standard InChI is InChI=1S/C15H22N2OS/c1-2-11-17(13-7-9-16-10-8-13)15(18)6-5-14-4-3-12-19-14/h3-6,12-13,16H,2,7-11H2,1H3/b6-5+. The quantitative estimate of drug-likeness (QED) is 0.840. The van der Waals surface area contributed by atoms with Crippen molar-refractivity contribution in [3.8, 4) is 0 Å². The zero-order valence-corrected chi connectivity index (χ0v) is 12.3. The second-order valence-electron chi connectivity index (χ2n) is 4.86. The van der Waals surface area contributed by atoms with Gasteiger partial charge in [-0.25, -0.2) is 0 Å². The van der Waals surface area contributed by atoms with Gasteiger partial charge in [0.05, 0.1) is 0 Å². The zero-order chi connectivity index (χ0) is 13.5. The summed E-state index contributed by atoms with van der Waals surface area (Å²) in [5, 5.41) is 5.38. The topological polar surface area (TPSA) is 32.3 Å². The minimum absolute atomic E-state index is 0.155. The molecule has 0 spiro atoms. The minimum Gasteiger partial charge on any atom is -0.336 e. The van der Waals surface area contributed by atoms with Crippen LogP contribution in [0.5, 0.6) is 0 Å². The van der Waals surface area contributed by atoms with E-state index in [4.69, 9.17) is 0 Å². The van der Waals surface area contributed by atoms with E-state index in [1.54, 1.807) is 17.4 Å². The van der Waals surface area contributed by atoms with Crippen molar-refractivity contribution < 1.29 is 4.79 Å². The van der Waals surface area contributed by atoms with Crippen LogP contribution in [0.1, 0.15) is 31.1 Å². The second-order valence-corrected chi connectivity index (χ2v) is 5.84. The molecule has 1 aromatic rings.